The molecule has 0 spiro atoms. The van der Waals surface area contributed by atoms with Gasteiger partial charge in [0.25, 0.3) is 0 Å². The summed E-state index contributed by atoms with van der Waals surface area (Å²) in [5.74, 6) is -1.81. The predicted molar refractivity (Wildman–Crippen MR) is 61.6 cm³/mol. The first-order valence-corrected chi connectivity index (χ1v) is 5.69. The molecule has 0 saturated carbocycles. The van der Waals surface area contributed by atoms with Crippen molar-refractivity contribution in [3.05, 3.63) is 0 Å². The SMILES string of the molecule is CC(C(=O)O)C1(O)CCN(C(=O)N(C)C)CC1. The third-order valence-corrected chi connectivity index (χ3v) is 3.46. The van der Waals surface area contributed by atoms with Gasteiger partial charge < -0.3 is 20.0 Å². The summed E-state index contributed by atoms with van der Waals surface area (Å²) in [4.78, 5) is 25.7. The maximum absolute atomic E-state index is 11.7. The van der Waals surface area contributed by atoms with Crippen molar-refractivity contribution in [3.63, 3.8) is 0 Å². The molecular formula is C11H20N2O4. The standard InChI is InChI=1S/C11H20N2O4/c1-8(9(14)15)11(17)4-6-13(7-5-11)10(16)12(2)3/h8,17H,4-7H2,1-3H3,(H,14,15). The quantitative estimate of drug-likeness (QED) is 0.728. The molecule has 6 heteroatoms. The molecule has 2 N–H and O–H groups in total. The summed E-state index contributed by atoms with van der Waals surface area (Å²) in [5.41, 5.74) is -1.20. The van der Waals surface area contributed by atoms with E-state index in [0.717, 1.165) is 0 Å². The zero-order chi connectivity index (χ0) is 13.2. The van der Waals surface area contributed by atoms with E-state index in [2.05, 4.69) is 0 Å². The summed E-state index contributed by atoms with van der Waals surface area (Å²) >= 11 is 0. The van der Waals surface area contributed by atoms with Crippen molar-refractivity contribution in [1.82, 2.24) is 9.80 Å². The van der Waals surface area contributed by atoms with Gasteiger partial charge in [-0.2, -0.15) is 0 Å². The first-order valence-electron chi connectivity index (χ1n) is 5.69. The minimum atomic E-state index is -1.20. The maximum Gasteiger partial charge on any atom is 0.319 e. The minimum Gasteiger partial charge on any atom is -0.481 e. The zero-order valence-corrected chi connectivity index (χ0v) is 10.5. The third kappa shape index (κ3) is 2.88. The Morgan fingerprint density at radius 2 is 1.76 bits per heavy atom. The summed E-state index contributed by atoms with van der Waals surface area (Å²) in [5, 5.41) is 19.1. The molecule has 17 heavy (non-hydrogen) atoms. The van der Waals surface area contributed by atoms with E-state index in [4.69, 9.17) is 5.11 Å². The van der Waals surface area contributed by atoms with E-state index in [1.807, 2.05) is 0 Å². The Balaban J connectivity index is 2.61. The molecule has 1 aliphatic heterocycles. The summed E-state index contributed by atoms with van der Waals surface area (Å²) in [6.07, 6.45) is 0.611. The first kappa shape index (κ1) is 13.8. The van der Waals surface area contributed by atoms with Crippen molar-refractivity contribution in [1.29, 1.82) is 0 Å². The van der Waals surface area contributed by atoms with Gasteiger partial charge in [-0.1, -0.05) is 0 Å². The van der Waals surface area contributed by atoms with Gasteiger partial charge in [0.1, 0.15) is 0 Å². The molecule has 98 valence electrons. The summed E-state index contributed by atoms with van der Waals surface area (Å²) in [6.45, 7) is 2.29. The highest BCUT2D eigenvalue weighted by Gasteiger charge is 2.41. The summed E-state index contributed by atoms with van der Waals surface area (Å²) < 4.78 is 0. The van der Waals surface area contributed by atoms with E-state index in [1.54, 1.807) is 19.0 Å². The number of hydrogen-bond donors (Lipinski definition) is 2. The van der Waals surface area contributed by atoms with Crippen LogP contribution >= 0.6 is 0 Å². The third-order valence-electron chi connectivity index (χ3n) is 3.46. The van der Waals surface area contributed by atoms with Crippen LogP contribution in [0.4, 0.5) is 4.79 Å². The van der Waals surface area contributed by atoms with E-state index in [0.29, 0.717) is 25.9 Å². The largest absolute Gasteiger partial charge is 0.481 e. The molecule has 0 aromatic heterocycles. The molecule has 1 aliphatic rings. The number of carbonyl (C=O) groups excluding carboxylic acids is 1. The molecule has 0 aliphatic carbocycles. The number of hydrogen-bond acceptors (Lipinski definition) is 3. The lowest BCUT2D eigenvalue weighted by atomic mass is 9.80. The van der Waals surface area contributed by atoms with Crippen LogP contribution in [0.5, 0.6) is 0 Å². The lowest BCUT2D eigenvalue weighted by Crippen LogP contribution is -2.53. The Morgan fingerprint density at radius 1 is 1.29 bits per heavy atom. The van der Waals surface area contributed by atoms with Crippen LogP contribution in [0.3, 0.4) is 0 Å². The molecule has 0 bridgehead atoms. The molecule has 0 aromatic rings. The van der Waals surface area contributed by atoms with Crippen LogP contribution in [0, 0.1) is 5.92 Å². The molecule has 1 saturated heterocycles. The number of piperidine rings is 1. The number of carboxylic acids is 1. The smallest absolute Gasteiger partial charge is 0.319 e. The van der Waals surface area contributed by atoms with Crippen molar-refractivity contribution in [3.8, 4) is 0 Å². The fourth-order valence-corrected chi connectivity index (χ4v) is 2.03. The van der Waals surface area contributed by atoms with Crippen LogP contribution in [0.2, 0.25) is 0 Å². The van der Waals surface area contributed by atoms with Crippen molar-refractivity contribution in [2.24, 2.45) is 5.92 Å². The topological polar surface area (TPSA) is 81.1 Å². The second-order valence-corrected chi connectivity index (χ2v) is 4.83. The molecule has 0 radical (unpaired) electrons. The zero-order valence-electron chi connectivity index (χ0n) is 10.5. The van der Waals surface area contributed by atoms with Crippen LogP contribution < -0.4 is 0 Å². The van der Waals surface area contributed by atoms with E-state index in [-0.39, 0.29) is 6.03 Å². The number of amides is 2. The Bertz CT molecular complexity index is 309. The number of nitrogens with zero attached hydrogens (tertiary/aromatic N) is 2. The fraction of sp³-hybridized carbons (Fsp3) is 0.818. The fourth-order valence-electron chi connectivity index (χ4n) is 2.03. The van der Waals surface area contributed by atoms with Gasteiger partial charge in [0, 0.05) is 27.2 Å². The number of urea groups is 1. The van der Waals surface area contributed by atoms with E-state index < -0.39 is 17.5 Å². The minimum absolute atomic E-state index is 0.102. The van der Waals surface area contributed by atoms with E-state index in [9.17, 15) is 14.7 Å². The van der Waals surface area contributed by atoms with Gasteiger partial charge in [0.05, 0.1) is 11.5 Å². The molecule has 6 nitrogen and oxygen atoms in total. The lowest BCUT2D eigenvalue weighted by molar-refractivity contribution is -0.154. The average molecular weight is 244 g/mol. The predicted octanol–water partition coefficient (Wildman–Crippen LogP) is 0.216. The molecule has 1 unspecified atom stereocenters. The Kier molecular flexibility index (Phi) is 3.98. The van der Waals surface area contributed by atoms with Crippen molar-refractivity contribution >= 4 is 12.0 Å². The van der Waals surface area contributed by atoms with Gasteiger partial charge in [-0.3, -0.25) is 4.79 Å². The highest BCUT2D eigenvalue weighted by Crippen LogP contribution is 2.30. The van der Waals surface area contributed by atoms with E-state index >= 15 is 0 Å². The number of likely N-dealkylation sites (tertiary alicyclic amines) is 1. The highest BCUT2D eigenvalue weighted by atomic mass is 16.4. The van der Waals surface area contributed by atoms with Gasteiger partial charge in [-0.15, -0.1) is 0 Å². The van der Waals surface area contributed by atoms with Crippen molar-refractivity contribution in [2.45, 2.75) is 25.4 Å². The van der Waals surface area contributed by atoms with Gasteiger partial charge >= 0.3 is 12.0 Å². The van der Waals surface area contributed by atoms with Crippen LogP contribution in [0.1, 0.15) is 19.8 Å². The lowest BCUT2D eigenvalue weighted by Gasteiger charge is -2.40. The highest BCUT2D eigenvalue weighted by molar-refractivity contribution is 5.74. The number of aliphatic hydroxyl groups is 1. The Labute approximate surface area is 101 Å². The number of aliphatic carboxylic acids is 1. The van der Waals surface area contributed by atoms with Gasteiger partial charge in [-0.25, -0.2) is 4.79 Å². The second kappa shape index (κ2) is 4.91. The molecule has 1 rings (SSSR count). The van der Waals surface area contributed by atoms with Crippen molar-refractivity contribution in [2.75, 3.05) is 27.2 Å². The second-order valence-electron chi connectivity index (χ2n) is 4.83. The Morgan fingerprint density at radius 3 is 2.12 bits per heavy atom. The number of carbonyl (C=O) groups is 2. The van der Waals surface area contributed by atoms with Crippen LogP contribution in [-0.4, -0.2) is 64.8 Å². The number of rotatable bonds is 2. The normalized spacial score (nSPS) is 20.8. The van der Waals surface area contributed by atoms with Gasteiger partial charge in [0.2, 0.25) is 0 Å². The van der Waals surface area contributed by atoms with Crippen LogP contribution in [-0.2, 0) is 4.79 Å². The number of carboxylic acid groups (broad SMARTS) is 1. The average Bonchev–Trinajstić information content (AvgIpc) is 2.27. The summed E-state index contributed by atoms with van der Waals surface area (Å²) in [7, 11) is 3.34. The first-order chi connectivity index (χ1) is 7.78. The molecule has 2 amide bonds. The molecule has 1 heterocycles. The maximum atomic E-state index is 11.7. The van der Waals surface area contributed by atoms with Crippen LogP contribution in [0.15, 0.2) is 0 Å². The summed E-state index contributed by atoms with van der Waals surface area (Å²) in [6, 6.07) is -0.102. The molecule has 1 atom stereocenters. The molecule has 1 fully saturated rings. The van der Waals surface area contributed by atoms with E-state index in [1.165, 1.54) is 11.8 Å². The van der Waals surface area contributed by atoms with Gasteiger partial charge in [-0.05, 0) is 19.8 Å². The molecule has 0 aromatic carbocycles. The van der Waals surface area contributed by atoms with Gasteiger partial charge in [0.15, 0.2) is 0 Å². The monoisotopic (exact) mass is 244 g/mol. The Hall–Kier alpha value is -1.30. The van der Waals surface area contributed by atoms with Crippen LogP contribution in [0.25, 0.3) is 0 Å². The van der Waals surface area contributed by atoms with Crippen molar-refractivity contribution < 1.29 is 19.8 Å². The molecular weight excluding hydrogens is 224 g/mol.